The molecule has 0 bridgehead atoms. The Kier molecular flexibility index (Phi) is 9.79. The average Bonchev–Trinajstić information content (AvgIpc) is 2.86. The number of amides is 1. The molecule has 37 heavy (non-hydrogen) atoms. The summed E-state index contributed by atoms with van der Waals surface area (Å²) in [6, 6.07) is 17.6. The highest BCUT2D eigenvalue weighted by Gasteiger charge is 2.24. The summed E-state index contributed by atoms with van der Waals surface area (Å²) in [5, 5.41) is 4.24. The predicted molar refractivity (Wildman–Crippen MR) is 147 cm³/mol. The van der Waals surface area contributed by atoms with E-state index >= 15 is 0 Å². The van der Waals surface area contributed by atoms with Gasteiger partial charge in [0.05, 0.1) is 36.9 Å². The highest BCUT2D eigenvalue weighted by Crippen LogP contribution is 2.37. The van der Waals surface area contributed by atoms with Crippen molar-refractivity contribution < 1.29 is 27.4 Å². The molecule has 0 aliphatic carbocycles. The van der Waals surface area contributed by atoms with Gasteiger partial charge in [0.1, 0.15) is 18.9 Å². The number of sulfonamides is 1. The number of nitrogens with one attached hydrogen (secondary N) is 1. The third kappa shape index (κ3) is 7.85. The highest BCUT2D eigenvalue weighted by atomic mass is 79.9. The number of nitrogens with zero attached hydrogens (tertiary/aromatic N) is 2. The summed E-state index contributed by atoms with van der Waals surface area (Å²) in [4.78, 5) is 12.6. The zero-order valence-electron chi connectivity index (χ0n) is 20.3. The summed E-state index contributed by atoms with van der Waals surface area (Å²) in [6.45, 7) is -0.181. The van der Waals surface area contributed by atoms with E-state index in [0.29, 0.717) is 33.2 Å². The van der Waals surface area contributed by atoms with E-state index < -0.39 is 22.5 Å². The molecule has 0 heterocycles. The largest absolute Gasteiger partial charge is 0.495 e. The van der Waals surface area contributed by atoms with Crippen molar-refractivity contribution in [2.45, 2.75) is 6.61 Å². The van der Waals surface area contributed by atoms with Crippen molar-refractivity contribution in [3.05, 3.63) is 81.3 Å². The van der Waals surface area contributed by atoms with Crippen LogP contribution in [0.15, 0.2) is 70.2 Å². The summed E-state index contributed by atoms with van der Waals surface area (Å²) >= 11 is 9.51. The molecule has 3 aromatic rings. The Bertz CT molecular complexity index is 1390. The van der Waals surface area contributed by atoms with Crippen molar-refractivity contribution in [1.82, 2.24) is 5.43 Å². The minimum absolute atomic E-state index is 0.136. The van der Waals surface area contributed by atoms with Gasteiger partial charge >= 0.3 is 0 Å². The first kappa shape index (κ1) is 28.3. The summed E-state index contributed by atoms with van der Waals surface area (Å²) in [5.74, 6) is 0.566. The van der Waals surface area contributed by atoms with Crippen LogP contribution in [0.25, 0.3) is 0 Å². The minimum Gasteiger partial charge on any atom is -0.495 e. The lowest BCUT2D eigenvalue weighted by Crippen LogP contribution is -2.39. The normalized spacial score (nSPS) is 11.3. The zero-order valence-corrected chi connectivity index (χ0v) is 23.4. The van der Waals surface area contributed by atoms with Crippen LogP contribution in [-0.2, 0) is 21.4 Å². The van der Waals surface area contributed by atoms with Crippen LogP contribution >= 0.6 is 27.5 Å². The fraction of sp³-hybridized carbons (Fsp3) is 0.200. The molecular formula is C25H25BrClN3O6S. The second-order valence-electron chi connectivity index (χ2n) is 7.69. The molecule has 0 aliphatic rings. The molecule has 0 saturated heterocycles. The van der Waals surface area contributed by atoms with E-state index in [-0.39, 0.29) is 11.4 Å². The molecule has 0 spiro atoms. The summed E-state index contributed by atoms with van der Waals surface area (Å²) in [6.07, 6.45) is 2.38. The van der Waals surface area contributed by atoms with Crippen molar-refractivity contribution in [1.29, 1.82) is 0 Å². The smallest absolute Gasteiger partial charge is 0.260 e. The van der Waals surface area contributed by atoms with Gasteiger partial charge in [-0.1, -0.05) is 41.9 Å². The second-order valence-corrected chi connectivity index (χ2v) is 10.9. The molecule has 0 radical (unpaired) electrons. The highest BCUT2D eigenvalue weighted by molar-refractivity contribution is 9.10. The van der Waals surface area contributed by atoms with E-state index in [1.54, 1.807) is 18.2 Å². The number of halogens is 2. The molecule has 0 atom stereocenters. The first-order chi connectivity index (χ1) is 17.6. The van der Waals surface area contributed by atoms with Gasteiger partial charge < -0.3 is 14.2 Å². The second kappa shape index (κ2) is 12.8. The van der Waals surface area contributed by atoms with Gasteiger partial charge in [-0.05, 0) is 57.4 Å². The lowest BCUT2D eigenvalue weighted by atomic mass is 10.2. The van der Waals surface area contributed by atoms with Crippen molar-refractivity contribution in [3.63, 3.8) is 0 Å². The molecule has 0 saturated carbocycles. The Hall–Kier alpha value is -3.28. The quantitative estimate of drug-likeness (QED) is 0.251. The van der Waals surface area contributed by atoms with Gasteiger partial charge in [0.25, 0.3) is 5.91 Å². The van der Waals surface area contributed by atoms with Crippen LogP contribution in [0.2, 0.25) is 5.02 Å². The monoisotopic (exact) mass is 609 g/mol. The third-order valence-electron chi connectivity index (χ3n) is 4.98. The molecule has 0 unspecified atom stereocenters. The fourth-order valence-electron chi connectivity index (χ4n) is 3.27. The van der Waals surface area contributed by atoms with E-state index in [1.165, 1.54) is 32.6 Å². The van der Waals surface area contributed by atoms with Gasteiger partial charge in [0.15, 0.2) is 11.5 Å². The van der Waals surface area contributed by atoms with Crippen molar-refractivity contribution in [2.24, 2.45) is 5.10 Å². The van der Waals surface area contributed by atoms with Crippen molar-refractivity contribution in [3.8, 4) is 17.2 Å². The number of carbonyl (C=O) groups excluding carboxylic acids is 1. The van der Waals surface area contributed by atoms with Crippen LogP contribution in [0.1, 0.15) is 11.1 Å². The average molecular weight is 611 g/mol. The number of hydrogen-bond acceptors (Lipinski definition) is 7. The number of hydrazone groups is 1. The molecule has 0 aromatic heterocycles. The molecule has 1 amide bonds. The lowest BCUT2D eigenvalue weighted by Gasteiger charge is -2.23. The number of methoxy groups -OCH3 is 2. The molecule has 3 rings (SSSR count). The van der Waals surface area contributed by atoms with Gasteiger partial charge in [0.2, 0.25) is 10.0 Å². The first-order valence-electron chi connectivity index (χ1n) is 10.8. The first-order valence-corrected chi connectivity index (χ1v) is 13.8. The molecule has 9 nitrogen and oxygen atoms in total. The topological polar surface area (TPSA) is 107 Å². The number of carbonyl (C=O) groups is 1. The van der Waals surface area contributed by atoms with Gasteiger partial charge in [-0.25, -0.2) is 13.8 Å². The van der Waals surface area contributed by atoms with Gasteiger partial charge in [-0.3, -0.25) is 9.10 Å². The molecule has 196 valence electrons. The maximum absolute atomic E-state index is 12.6. The van der Waals surface area contributed by atoms with Crippen LogP contribution < -0.4 is 23.9 Å². The number of anilines is 1. The SMILES string of the molecule is COc1ccc(Cl)cc1N(CC(=O)N/N=C\c1cc(Br)c(OCc2ccccc2)c(OC)c1)S(C)(=O)=O. The predicted octanol–water partition coefficient (Wildman–Crippen LogP) is 4.62. The molecule has 0 fully saturated rings. The number of hydrogen-bond donors (Lipinski definition) is 1. The van der Waals surface area contributed by atoms with E-state index in [2.05, 4.69) is 26.5 Å². The Morgan fingerprint density at radius 3 is 2.43 bits per heavy atom. The van der Waals surface area contributed by atoms with E-state index in [9.17, 15) is 13.2 Å². The van der Waals surface area contributed by atoms with Crippen molar-refractivity contribution in [2.75, 3.05) is 31.3 Å². The van der Waals surface area contributed by atoms with E-state index in [1.807, 2.05) is 30.3 Å². The molecule has 0 aliphatic heterocycles. The Morgan fingerprint density at radius 1 is 1.08 bits per heavy atom. The lowest BCUT2D eigenvalue weighted by molar-refractivity contribution is -0.119. The summed E-state index contributed by atoms with van der Waals surface area (Å²) in [5.41, 5.74) is 4.08. The van der Waals surface area contributed by atoms with Crippen LogP contribution in [-0.4, -0.2) is 47.6 Å². The Labute approximate surface area is 229 Å². The maximum atomic E-state index is 12.6. The molecule has 3 aromatic carbocycles. The van der Waals surface area contributed by atoms with Crippen LogP contribution in [0, 0.1) is 0 Å². The number of ether oxygens (including phenoxy) is 3. The van der Waals surface area contributed by atoms with Crippen LogP contribution in [0.3, 0.4) is 0 Å². The zero-order chi connectivity index (χ0) is 27.0. The standard InChI is InChI=1S/C25H25BrClN3O6S/c1-34-22-10-9-19(27)13-21(22)30(37(3,32)33)15-24(31)29-28-14-18-11-20(26)25(23(12-18)35-2)36-16-17-7-5-4-6-8-17/h4-14H,15-16H2,1-3H3,(H,29,31)/b28-14-. The van der Waals surface area contributed by atoms with Gasteiger partial charge in [-0.15, -0.1) is 0 Å². The number of rotatable bonds is 11. The summed E-state index contributed by atoms with van der Waals surface area (Å²) < 4.78 is 42.9. The van der Waals surface area contributed by atoms with Crippen LogP contribution in [0.4, 0.5) is 5.69 Å². The fourth-order valence-corrected chi connectivity index (χ4v) is 4.86. The van der Waals surface area contributed by atoms with E-state index in [0.717, 1.165) is 16.1 Å². The van der Waals surface area contributed by atoms with E-state index in [4.69, 9.17) is 25.8 Å². The maximum Gasteiger partial charge on any atom is 0.260 e. The summed E-state index contributed by atoms with van der Waals surface area (Å²) in [7, 11) is -0.931. The molecular weight excluding hydrogens is 586 g/mol. The minimum atomic E-state index is -3.84. The van der Waals surface area contributed by atoms with Crippen molar-refractivity contribution >= 4 is 55.4 Å². The number of benzene rings is 3. The Morgan fingerprint density at radius 2 is 1.78 bits per heavy atom. The molecule has 12 heteroatoms. The van der Waals surface area contributed by atoms with Gasteiger partial charge in [-0.2, -0.15) is 5.10 Å². The van der Waals surface area contributed by atoms with Crippen LogP contribution in [0.5, 0.6) is 17.2 Å². The Balaban J connectivity index is 1.71. The van der Waals surface area contributed by atoms with Gasteiger partial charge in [0, 0.05) is 5.02 Å². The third-order valence-corrected chi connectivity index (χ3v) is 6.93. The molecule has 1 N–H and O–H groups in total.